The monoisotopic (exact) mass is 281 g/mol. The fraction of sp³-hybridized carbons (Fsp3) is 0.800. The van der Waals surface area contributed by atoms with Gasteiger partial charge < -0.3 is 5.32 Å². The third-order valence-corrected chi connectivity index (χ3v) is 4.80. The van der Waals surface area contributed by atoms with Gasteiger partial charge in [-0.15, -0.1) is 11.3 Å². The second kappa shape index (κ2) is 6.82. The van der Waals surface area contributed by atoms with Crippen molar-refractivity contribution in [1.82, 2.24) is 15.2 Å². The maximum absolute atomic E-state index is 4.74. The summed E-state index contributed by atoms with van der Waals surface area (Å²) in [4.78, 5) is 7.32. The zero-order valence-corrected chi connectivity index (χ0v) is 13.5. The van der Waals surface area contributed by atoms with Crippen molar-refractivity contribution in [2.45, 2.75) is 65.7 Å². The molecule has 0 aromatic carbocycles. The molecule has 0 spiro atoms. The summed E-state index contributed by atoms with van der Waals surface area (Å²) < 4.78 is 0. The summed E-state index contributed by atoms with van der Waals surface area (Å²) >= 11 is 1.78. The summed E-state index contributed by atoms with van der Waals surface area (Å²) in [7, 11) is 0. The molecule has 2 heterocycles. The molecule has 1 saturated heterocycles. The van der Waals surface area contributed by atoms with E-state index in [4.69, 9.17) is 4.98 Å². The van der Waals surface area contributed by atoms with Crippen LogP contribution in [0, 0.1) is 5.92 Å². The third kappa shape index (κ3) is 4.55. The van der Waals surface area contributed by atoms with E-state index in [1.54, 1.807) is 11.3 Å². The molecule has 1 aliphatic rings. The van der Waals surface area contributed by atoms with Gasteiger partial charge in [0.1, 0.15) is 5.01 Å². The van der Waals surface area contributed by atoms with E-state index in [9.17, 15) is 0 Å². The van der Waals surface area contributed by atoms with E-state index in [2.05, 4.69) is 43.3 Å². The standard InChI is InChI=1S/C15H27N3S/c1-11(2)16-8-15-17-14(10-19-15)9-18-6-5-12(3)7-13(18)4/h10-13,16H,5-9H2,1-4H3. The van der Waals surface area contributed by atoms with Crippen molar-refractivity contribution < 1.29 is 0 Å². The third-order valence-electron chi connectivity index (χ3n) is 3.90. The van der Waals surface area contributed by atoms with E-state index < -0.39 is 0 Å². The van der Waals surface area contributed by atoms with Gasteiger partial charge in [0.15, 0.2) is 0 Å². The molecule has 0 radical (unpaired) electrons. The van der Waals surface area contributed by atoms with Crippen molar-refractivity contribution in [2.75, 3.05) is 6.54 Å². The lowest BCUT2D eigenvalue weighted by Gasteiger charge is -2.36. The molecule has 3 nitrogen and oxygen atoms in total. The van der Waals surface area contributed by atoms with Crippen LogP contribution in [0.3, 0.4) is 0 Å². The first-order chi connectivity index (χ1) is 9.04. The molecule has 2 unspecified atom stereocenters. The largest absolute Gasteiger partial charge is 0.308 e. The lowest BCUT2D eigenvalue weighted by Crippen LogP contribution is -2.39. The lowest BCUT2D eigenvalue weighted by molar-refractivity contribution is 0.121. The van der Waals surface area contributed by atoms with Crippen molar-refractivity contribution in [3.05, 3.63) is 16.1 Å². The Morgan fingerprint density at radius 1 is 1.47 bits per heavy atom. The molecule has 1 aromatic heterocycles. The number of likely N-dealkylation sites (tertiary alicyclic amines) is 1. The van der Waals surface area contributed by atoms with E-state index in [1.807, 2.05) is 0 Å². The Morgan fingerprint density at radius 3 is 2.95 bits per heavy atom. The van der Waals surface area contributed by atoms with E-state index in [-0.39, 0.29) is 0 Å². The highest BCUT2D eigenvalue weighted by atomic mass is 32.1. The van der Waals surface area contributed by atoms with Crippen molar-refractivity contribution in [3.63, 3.8) is 0 Å². The number of nitrogens with one attached hydrogen (secondary N) is 1. The first-order valence-electron chi connectivity index (χ1n) is 7.45. The number of nitrogens with zero attached hydrogens (tertiary/aromatic N) is 2. The van der Waals surface area contributed by atoms with E-state index >= 15 is 0 Å². The Hall–Kier alpha value is -0.450. The zero-order valence-electron chi connectivity index (χ0n) is 12.6. The molecule has 1 aliphatic heterocycles. The van der Waals surface area contributed by atoms with Gasteiger partial charge >= 0.3 is 0 Å². The summed E-state index contributed by atoms with van der Waals surface area (Å²) in [5.41, 5.74) is 1.24. The lowest BCUT2D eigenvalue weighted by atomic mass is 9.93. The van der Waals surface area contributed by atoms with Crippen LogP contribution in [0.1, 0.15) is 51.2 Å². The summed E-state index contributed by atoms with van der Waals surface area (Å²) in [5.74, 6) is 0.882. The van der Waals surface area contributed by atoms with Gasteiger partial charge in [-0.05, 0) is 32.2 Å². The Labute approximate surface area is 121 Å². The molecular formula is C15H27N3S. The summed E-state index contributed by atoms with van der Waals surface area (Å²) in [6, 6.07) is 1.22. The Balaban J connectivity index is 1.85. The summed E-state index contributed by atoms with van der Waals surface area (Å²) in [6.07, 6.45) is 2.65. The van der Waals surface area contributed by atoms with Crippen molar-refractivity contribution in [2.24, 2.45) is 5.92 Å². The molecule has 1 aromatic rings. The van der Waals surface area contributed by atoms with Gasteiger partial charge in [0.05, 0.1) is 5.69 Å². The fourth-order valence-electron chi connectivity index (χ4n) is 2.69. The van der Waals surface area contributed by atoms with Gasteiger partial charge in [-0.3, -0.25) is 4.90 Å². The molecule has 1 fully saturated rings. The fourth-order valence-corrected chi connectivity index (χ4v) is 3.43. The van der Waals surface area contributed by atoms with Gasteiger partial charge in [-0.1, -0.05) is 20.8 Å². The maximum atomic E-state index is 4.74. The Morgan fingerprint density at radius 2 is 2.26 bits per heavy atom. The maximum Gasteiger partial charge on any atom is 0.107 e. The van der Waals surface area contributed by atoms with Gasteiger partial charge in [-0.25, -0.2) is 4.98 Å². The highest BCUT2D eigenvalue weighted by Gasteiger charge is 2.23. The number of hydrogen-bond acceptors (Lipinski definition) is 4. The van der Waals surface area contributed by atoms with Gasteiger partial charge in [0, 0.05) is 30.6 Å². The van der Waals surface area contributed by atoms with Crippen LogP contribution in [-0.4, -0.2) is 28.5 Å². The van der Waals surface area contributed by atoms with Crippen molar-refractivity contribution >= 4 is 11.3 Å². The predicted molar refractivity (Wildman–Crippen MR) is 82.4 cm³/mol. The average Bonchev–Trinajstić information content (AvgIpc) is 2.78. The van der Waals surface area contributed by atoms with Crippen molar-refractivity contribution in [1.29, 1.82) is 0 Å². The highest BCUT2D eigenvalue weighted by molar-refractivity contribution is 7.09. The first-order valence-corrected chi connectivity index (χ1v) is 8.33. The molecule has 0 amide bonds. The Kier molecular flexibility index (Phi) is 5.37. The number of aromatic nitrogens is 1. The van der Waals surface area contributed by atoms with Crippen LogP contribution in [0.4, 0.5) is 0 Å². The quantitative estimate of drug-likeness (QED) is 0.898. The van der Waals surface area contributed by atoms with Crippen molar-refractivity contribution in [3.8, 4) is 0 Å². The zero-order chi connectivity index (χ0) is 13.8. The molecular weight excluding hydrogens is 254 g/mol. The highest BCUT2D eigenvalue weighted by Crippen LogP contribution is 2.24. The topological polar surface area (TPSA) is 28.2 Å². The number of rotatable bonds is 5. The number of thiazole rings is 1. The molecule has 108 valence electrons. The van der Waals surface area contributed by atoms with E-state index in [0.717, 1.165) is 19.0 Å². The summed E-state index contributed by atoms with van der Waals surface area (Å²) in [6.45, 7) is 12.2. The average molecular weight is 281 g/mol. The van der Waals surface area contributed by atoms with Crippen LogP contribution in [0.5, 0.6) is 0 Å². The SMILES string of the molecule is CC1CCN(Cc2csc(CNC(C)C)n2)C(C)C1. The summed E-state index contributed by atoms with van der Waals surface area (Å²) in [5, 5.41) is 6.86. The second-order valence-corrected chi connectivity index (χ2v) is 7.16. The molecule has 2 atom stereocenters. The van der Waals surface area contributed by atoms with Crippen LogP contribution < -0.4 is 5.32 Å². The minimum atomic E-state index is 0.524. The van der Waals surface area contributed by atoms with Crippen LogP contribution in [0.2, 0.25) is 0 Å². The predicted octanol–water partition coefficient (Wildman–Crippen LogP) is 3.26. The van der Waals surface area contributed by atoms with Gasteiger partial charge in [0.2, 0.25) is 0 Å². The van der Waals surface area contributed by atoms with Crippen LogP contribution >= 0.6 is 11.3 Å². The smallest absolute Gasteiger partial charge is 0.107 e. The number of hydrogen-bond donors (Lipinski definition) is 1. The van der Waals surface area contributed by atoms with Gasteiger partial charge in [-0.2, -0.15) is 0 Å². The first kappa shape index (κ1) is 14.9. The van der Waals surface area contributed by atoms with Gasteiger partial charge in [0.25, 0.3) is 0 Å². The molecule has 4 heteroatoms. The second-order valence-electron chi connectivity index (χ2n) is 6.22. The van der Waals surface area contributed by atoms with Crippen LogP contribution in [0.25, 0.3) is 0 Å². The molecule has 19 heavy (non-hydrogen) atoms. The normalized spacial score (nSPS) is 25.1. The molecule has 0 saturated carbocycles. The molecule has 2 rings (SSSR count). The van der Waals surface area contributed by atoms with Crippen LogP contribution in [-0.2, 0) is 13.1 Å². The Bertz CT molecular complexity index is 388. The van der Waals surface area contributed by atoms with Crippen LogP contribution in [0.15, 0.2) is 5.38 Å². The molecule has 1 N–H and O–H groups in total. The van der Waals surface area contributed by atoms with E-state index in [1.165, 1.54) is 30.1 Å². The van der Waals surface area contributed by atoms with E-state index in [0.29, 0.717) is 12.1 Å². The molecule has 0 aliphatic carbocycles. The number of piperidine rings is 1. The molecule has 0 bridgehead atoms. The minimum absolute atomic E-state index is 0.524. The minimum Gasteiger partial charge on any atom is -0.308 e.